The Morgan fingerprint density at radius 3 is 2.57 bits per heavy atom. The Balaban J connectivity index is 2.24. The minimum Gasteiger partial charge on any atom is -0.491 e. The summed E-state index contributed by atoms with van der Waals surface area (Å²) in [4.78, 5) is 0. The number of aromatic nitrogens is 1. The molecule has 1 heterocycles. The minimum atomic E-state index is 0.624. The SMILES string of the molecule is CCOc1c(C)n(Cc2ccccc2Br)c2c(Br)cc(Cl)cc12. The second-order valence-electron chi connectivity index (χ2n) is 5.31. The van der Waals surface area contributed by atoms with E-state index in [1.54, 1.807) is 0 Å². The molecule has 0 spiro atoms. The van der Waals surface area contributed by atoms with E-state index >= 15 is 0 Å². The number of halogens is 3. The van der Waals surface area contributed by atoms with Crippen LogP contribution in [0.1, 0.15) is 18.2 Å². The van der Waals surface area contributed by atoms with Gasteiger partial charge in [-0.15, -0.1) is 0 Å². The molecule has 0 unspecified atom stereocenters. The lowest BCUT2D eigenvalue weighted by atomic mass is 10.2. The van der Waals surface area contributed by atoms with E-state index in [1.807, 2.05) is 25.1 Å². The Labute approximate surface area is 157 Å². The maximum Gasteiger partial charge on any atom is 0.147 e. The number of benzene rings is 2. The third kappa shape index (κ3) is 3.17. The van der Waals surface area contributed by atoms with E-state index in [4.69, 9.17) is 16.3 Å². The third-order valence-corrected chi connectivity index (χ3v) is 5.45. The van der Waals surface area contributed by atoms with E-state index in [2.05, 4.69) is 61.5 Å². The van der Waals surface area contributed by atoms with Gasteiger partial charge in [0, 0.05) is 25.9 Å². The average molecular weight is 458 g/mol. The van der Waals surface area contributed by atoms with Crippen LogP contribution in [-0.4, -0.2) is 11.2 Å². The van der Waals surface area contributed by atoms with Gasteiger partial charge < -0.3 is 9.30 Å². The fourth-order valence-corrected chi connectivity index (χ4v) is 4.25. The van der Waals surface area contributed by atoms with E-state index < -0.39 is 0 Å². The molecule has 0 aliphatic heterocycles. The highest BCUT2D eigenvalue weighted by Gasteiger charge is 2.19. The lowest BCUT2D eigenvalue weighted by Gasteiger charge is -2.11. The number of fused-ring (bicyclic) bond motifs is 1. The van der Waals surface area contributed by atoms with Crippen LogP contribution in [0.3, 0.4) is 0 Å². The molecule has 3 aromatic rings. The maximum absolute atomic E-state index is 6.24. The summed E-state index contributed by atoms with van der Waals surface area (Å²) in [5.74, 6) is 0.901. The van der Waals surface area contributed by atoms with Crippen molar-refractivity contribution in [1.29, 1.82) is 0 Å². The van der Waals surface area contributed by atoms with Crippen molar-refractivity contribution in [2.75, 3.05) is 6.61 Å². The van der Waals surface area contributed by atoms with Crippen LogP contribution in [-0.2, 0) is 6.54 Å². The van der Waals surface area contributed by atoms with E-state index in [1.165, 1.54) is 5.56 Å². The normalized spacial score (nSPS) is 11.2. The Morgan fingerprint density at radius 1 is 1.13 bits per heavy atom. The van der Waals surface area contributed by atoms with Crippen molar-refractivity contribution < 1.29 is 4.74 Å². The Bertz CT molecular complexity index is 873. The number of hydrogen-bond donors (Lipinski definition) is 0. The highest BCUT2D eigenvalue weighted by atomic mass is 79.9. The summed E-state index contributed by atoms with van der Waals surface area (Å²) < 4.78 is 10.2. The van der Waals surface area contributed by atoms with Gasteiger partial charge in [0.2, 0.25) is 0 Å². The molecule has 2 nitrogen and oxygen atoms in total. The first-order chi connectivity index (χ1) is 11.0. The van der Waals surface area contributed by atoms with Gasteiger partial charge in [-0.2, -0.15) is 0 Å². The van der Waals surface area contributed by atoms with Gasteiger partial charge in [0.15, 0.2) is 0 Å². The summed E-state index contributed by atoms with van der Waals surface area (Å²) in [5.41, 5.74) is 3.42. The van der Waals surface area contributed by atoms with Crippen LogP contribution in [0.5, 0.6) is 5.75 Å². The van der Waals surface area contributed by atoms with Crippen LogP contribution < -0.4 is 4.74 Å². The van der Waals surface area contributed by atoms with E-state index in [0.717, 1.165) is 37.8 Å². The number of nitrogens with zero attached hydrogens (tertiary/aromatic N) is 1. The highest BCUT2D eigenvalue weighted by Crippen LogP contribution is 2.39. The molecule has 0 bridgehead atoms. The summed E-state index contributed by atoms with van der Waals surface area (Å²) in [7, 11) is 0. The third-order valence-electron chi connectivity index (χ3n) is 3.85. The van der Waals surface area contributed by atoms with Gasteiger partial charge in [-0.1, -0.05) is 45.7 Å². The zero-order chi connectivity index (χ0) is 16.6. The smallest absolute Gasteiger partial charge is 0.147 e. The second kappa shape index (κ2) is 6.88. The van der Waals surface area contributed by atoms with Crippen LogP contribution in [0.15, 0.2) is 45.3 Å². The van der Waals surface area contributed by atoms with E-state index in [9.17, 15) is 0 Å². The zero-order valence-corrected chi connectivity index (χ0v) is 16.8. The largest absolute Gasteiger partial charge is 0.491 e. The molecule has 23 heavy (non-hydrogen) atoms. The summed E-state index contributed by atoms with van der Waals surface area (Å²) in [6, 6.07) is 12.2. The molecule has 0 saturated carbocycles. The summed E-state index contributed by atoms with van der Waals surface area (Å²) in [6.45, 7) is 5.47. The van der Waals surface area contributed by atoms with Crippen LogP contribution in [0.2, 0.25) is 5.02 Å². The van der Waals surface area contributed by atoms with Crippen molar-refractivity contribution in [3.8, 4) is 5.75 Å². The quantitative estimate of drug-likeness (QED) is 0.432. The van der Waals surface area contributed by atoms with E-state index in [0.29, 0.717) is 11.6 Å². The van der Waals surface area contributed by atoms with Crippen LogP contribution in [0.25, 0.3) is 10.9 Å². The minimum absolute atomic E-state index is 0.624. The van der Waals surface area contributed by atoms with Crippen molar-refractivity contribution in [3.63, 3.8) is 0 Å². The predicted molar refractivity (Wildman–Crippen MR) is 104 cm³/mol. The first kappa shape index (κ1) is 16.9. The molecule has 0 N–H and O–H groups in total. The van der Waals surface area contributed by atoms with E-state index in [-0.39, 0.29) is 0 Å². The number of rotatable bonds is 4. The lowest BCUT2D eigenvalue weighted by molar-refractivity contribution is 0.340. The molecule has 0 amide bonds. The van der Waals surface area contributed by atoms with Gasteiger partial charge in [-0.25, -0.2) is 0 Å². The Morgan fingerprint density at radius 2 is 1.87 bits per heavy atom. The highest BCUT2D eigenvalue weighted by molar-refractivity contribution is 9.11. The maximum atomic E-state index is 6.24. The Kier molecular flexibility index (Phi) is 5.04. The van der Waals surface area contributed by atoms with Gasteiger partial charge in [0.25, 0.3) is 0 Å². The molecule has 0 aliphatic rings. The van der Waals surface area contributed by atoms with Crippen molar-refractivity contribution in [2.45, 2.75) is 20.4 Å². The van der Waals surface area contributed by atoms with Gasteiger partial charge in [0.05, 0.1) is 17.8 Å². The molecular weight excluding hydrogens is 441 g/mol. The first-order valence-electron chi connectivity index (χ1n) is 7.37. The molecule has 0 atom stereocenters. The van der Waals surface area contributed by atoms with Crippen molar-refractivity contribution in [1.82, 2.24) is 4.57 Å². The fourth-order valence-electron chi connectivity index (χ4n) is 2.82. The van der Waals surface area contributed by atoms with Crippen LogP contribution in [0, 0.1) is 6.92 Å². The standard InChI is InChI=1S/C18H16Br2ClNO/c1-3-23-18-11(2)22(10-12-6-4-5-7-15(12)19)17-14(18)8-13(21)9-16(17)20/h4-9H,3,10H2,1-2H3. The average Bonchev–Trinajstić information content (AvgIpc) is 2.75. The summed E-state index contributed by atoms with van der Waals surface area (Å²) in [5, 5.41) is 1.74. The van der Waals surface area contributed by atoms with Gasteiger partial charge >= 0.3 is 0 Å². The molecule has 5 heteroatoms. The van der Waals surface area contributed by atoms with Crippen molar-refractivity contribution in [2.24, 2.45) is 0 Å². The monoisotopic (exact) mass is 455 g/mol. The molecule has 120 valence electrons. The second-order valence-corrected chi connectivity index (χ2v) is 7.45. The van der Waals surface area contributed by atoms with Crippen molar-refractivity contribution in [3.05, 3.63) is 61.6 Å². The first-order valence-corrected chi connectivity index (χ1v) is 9.33. The molecule has 0 fully saturated rings. The van der Waals surface area contributed by atoms with Gasteiger partial charge in [-0.05, 0) is 53.5 Å². The van der Waals surface area contributed by atoms with Gasteiger partial charge in [0.1, 0.15) is 5.75 Å². The number of ether oxygens (including phenoxy) is 1. The van der Waals surface area contributed by atoms with Crippen LogP contribution >= 0.6 is 43.5 Å². The molecular formula is C18H16Br2ClNO. The van der Waals surface area contributed by atoms with Crippen molar-refractivity contribution >= 4 is 54.4 Å². The summed E-state index contributed by atoms with van der Waals surface area (Å²) in [6.07, 6.45) is 0. The molecule has 0 aliphatic carbocycles. The molecule has 2 aromatic carbocycles. The summed E-state index contributed by atoms with van der Waals surface area (Å²) >= 11 is 13.5. The predicted octanol–water partition coefficient (Wildman–Crippen LogP) is 6.58. The fraction of sp³-hybridized carbons (Fsp3) is 0.222. The number of hydrogen-bond acceptors (Lipinski definition) is 1. The molecule has 1 aromatic heterocycles. The van der Waals surface area contributed by atoms with Crippen LogP contribution in [0.4, 0.5) is 0 Å². The molecule has 0 radical (unpaired) electrons. The zero-order valence-electron chi connectivity index (χ0n) is 12.9. The Hall–Kier alpha value is -0.970. The topological polar surface area (TPSA) is 14.2 Å². The molecule has 3 rings (SSSR count). The lowest BCUT2D eigenvalue weighted by Crippen LogP contribution is -2.03. The molecule has 0 saturated heterocycles. The van der Waals surface area contributed by atoms with Gasteiger partial charge in [-0.3, -0.25) is 0 Å².